The first kappa shape index (κ1) is 12.3. The molecule has 1 saturated heterocycles. The largest absolute Gasteiger partial charge is 0.380 e. The Labute approximate surface area is 104 Å². The van der Waals surface area contributed by atoms with Crippen LogP contribution in [-0.4, -0.2) is 19.3 Å². The second-order valence-corrected chi connectivity index (χ2v) is 4.56. The van der Waals surface area contributed by atoms with Crippen LogP contribution in [0.25, 0.3) is 0 Å². The first-order valence-corrected chi connectivity index (χ1v) is 6.40. The second-order valence-electron chi connectivity index (χ2n) is 4.56. The fraction of sp³-hybridized carbons (Fsp3) is 0.467. The van der Waals surface area contributed by atoms with Crippen molar-refractivity contribution in [1.29, 1.82) is 0 Å². The number of hydrogen-bond acceptors (Lipinski definition) is 2. The van der Waals surface area contributed by atoms with Gasteiger partial charge in [-0.05, 0) is 24.8 Å². The summed E-state index contributed by atoms with van der Waals surface area (Å²) in [6, 6.07) is 11.6. The number of allylic oxidation sites excluding steroid dienone is 1. The van der Waals surface area contributed by atoms with E-state index in [-0.39, 0.29) is 0 Å². The number of benzene rings is 1. The molecule has 0 bridgehead atoms. The Balaban J connectivity index is 1.99. The fourth-order valence-electron chi connectivity index (χ4n) is 2.27. The predicted molar refractivity (Wildman–Crippen MR) is 71.0 cm³/mol. The van der Waals surface area contributed by atoms with Gasteiger partial charge in [0.15, 0.2) is 0 Å². The summed E-state index contributed by atoms with van der Waals surface area (Å²) < 4.78 is 5.42. The minimum Gasteiger partial charge on any atom is -0.380 e. The molecule has 92 valence electrons. The lowest BCUT2D eigenvalue weighted by atomic mass is 10.0. The zero-order valence-corrected chi connectivity index (χ0v) is 10.3. The van der Waals surface area contributed by atoms with Gasteiger partial charge in [-0.1, -0.05) is 36.4 Å². The Morgan fingerprint density at radius 2 is 2.24 bits per heavy atom. The molecule has 17 heavy (non-hydrogen) atoms. The predicted octanol–water partition coefficient (Wildman–Crippen LogP) is 3.07. The van der Waals surface area contributed by atoms with E-state index in [1.54, 1.807) is 0 Å². The number of rotatable bonds is 6. The van der Waals surface area contributed by atoms with E-state index < -0.39 is 0 Å². The molecule has 0 radical (unpaired) electrons. The van der Waals surface area contributed by atoms with Crippen LogP contribution in [0.5, 0.6) is 0 Å². The van der Waals surface area contributed by atoms with Gasteiger partial charge in [0.25, 0.3) is 0 Å². The Morgan fingerprint density at radius 1 is 1.41 bits per heavy atom. The van der Waals surface area contributed by atoms with E-state index in [1.807, 2.05) is 6.08 Å². The van der Waals surface area contributed by atoms with Gasteiger partial charge in [0, 0.05) is 18.7 Å². The van der Waals surface area contributed by atoms with Crippen LogP contribution in [-0.2, 0) is 4.74 Å². The summed E-state index contributed by atoms with van der Waals surface area (Å²) in [5.74, 6) is 0. The van der Waals surface area contributed by atoms with Crippen molar-refractivity contribution in [2.75, 3.05) is 13.2 Å². The normalized spacial score (nSPS) is 21.3. The van der Waals surface area contributed by atoms with Crippen LogP contribution in [0.3, 0.4) is 0 Å². The first-order chi connectivity index (χ1) is 8.40. The van der Waals surface area contributed by atoms with Gasteiger partial charge in [-0.25, -0.2) is 0 Å². The molecule has 0 aromatic heterocycles. The standard InChI is InChI=1S/C15H21NO/c1-2-3-9-15(13-7-5-4-6-8-13)16-14-10-11-17-12-14/h2,4-8,14-16H,1,3,9-12H2/t14-,15+/m1/s1. The molecule has 1 heterocycles. The van der Waals surface area contributed by atoms with Crippen LogP contribution >= 0.6 is 0 Å². The Morgan fingerprint density at radius 3 is 2.88 bits per heavy atom. The summed E-state index contributed by atoms with van der Waals surface area (Å²) >= 11 is 0. The van der Waals surface area contributed by atoms with Crippen molar-refractivity contribution in [2.45, 2.75) is 31.3 Å². The second kappa shape index (κ2) is 6.58. The summed E-state index contributed by atoms with van der Waals surface area (Å²) in [4.78, 5) is 0. The summed E-state index contributed by atoms with van der Waals surface area (Å²) in [5.41, 5.74) is 1.36. The topological polar surface area (TPSA) is 21.3 Å². The Bertz CT molecular complexity index is 330. The number of ether oxygens (including phenoxy) is 1. The summed E-state index contributed by atoms with van der Waals surface area (Å²) in [6.45, 7) is 5.54. The highest BCUT2D eigenvalue weighted by atomic mass is 16.5. The third-order valence-corrected chi connectivity index (χ3v) is 3.23. The van der Waals surface area contributed by atoms with Crippen LogP contribution in [0.15, 0.2) is 43.0 Å². The molecule has 1 aromatic carbocycles. The smallest absolute Gasteiger partial charge is 0.0620 e. The van der Waals surface area contributed by atoms with Gasteiger partial charge in [0.2, 0.25) is 0 Å². The third-order valence-electron chi connectivity index (χ3n) is 3.23. The molecule has 1 fully saturated rings. The van der Waals surface area contributed by atoms with Gasteiger partial charge < -0.3 is 10.1 Å². The lowest BCUT2D eigenvalue weighted by molar-refractivity contribution is 0.187. The highest BCUT2D eigenvalue weighted by molar-refractivity contribution is 5.19. The van der Waals surface area contributed by atoms with Crippen molar-refractivity contribution >= 4 is 0 Å². The molecular formula is C15H21NO. The average molecular weight is 231 g/mol. The highest BCUT2D eigenvalue weighted by Gasteiger charge is 2.20. The van der Waals surface area contributed by atoms with Crippen LogP contribution in [0, 0.1) is 0 Å². The van der Waals surface area contributed by atoms with Gasteiger partial charge >= 0.3 is 0 Å². The minimum atomic E-state index is 0.418. The molecule has 1 aromatic rings. The van der Waals surface area contributed by atoms with Gasteiger partial charge in [-0.3, -0.25) is 0 Å². The van der Waals surface area contributed by atoms with Crippen LogP contribution in [0.1, 0.15) is 30.9 Å². The van der Waals surface area contributed by atoms with E-state index in [0.29, 0.717) is 12.1 Å². The first-order valence-electron chi connectivity index (χ1n) is 6.40. The van der Waals surface area contributed by atoms with E-state index in [9.17, 15) is 0 Å². The molecule has 1 N–H and O–H groups in total. The monoisotopic (exact) mass is 231 g/mol. The van der Waals surface area contributed by atoms with Gasteiger partial charge in [0.1, 0.15) is 0 Å². The van der Waals surface area contributed by atoms with Crippen molar-refractivity contribution in [3.05, 3.63) is 48.6 Å². The number of hydrogen-bond donors (Lipinski definition) is 1. The number of nitrogens with one attached hydrogen (secondary N) is 1. The quantitative estimate of drug-likeness (QED) is 0.760. The molecule has 2 rings (SSSR count). The zero-order chi connectivity index (χ0) is 11.9. The van der Waals surface area contributed by atoms with E-state index in [0.717, 1.165) is 32.5 Å². The van der Waals surface area contributed by atoms with Gasteiger partial charge in [-0.2, -0.15) is 0 Å². The maximum atomic E-state index is 5.42. The maximum absolute atomic E-state index is 5.42. The van der Waals surface area contributed by atoms with Crippen molar-refractivity contribution in [1.82, 2.24) is 5.32 Å². The summed E-state index contributed by atoms with van der Waals surface area (Å²) in [5, 5.41) is 3.69. The molecule has 0 unspecified atom stereocenters. The lowest BCUT2D eigenvalue weighted by Gasteiger charge is -2.22. The third kappa shape index (κ3) is 3.69. The minimum absolute atomic E-state index is 0.418. The van der Waals surface area contributed by atoms with Crippen molar-refractivity contribution in [2.24, 2.45) is 0 Å². The van der Waals surface area contributed by atoms with Crippen molar-refractivity contribution in [3.63, 3.8) is 0 Å². The zero-order valence-electron chi connectivity index (χ0n) is 10.3. The SMILES string of the molecule is C=CCC[C@H](N[C@@H]1CCOC1)c1ccccc1. The molecule has 1 aliphatic rings. The molecule has 2 heteroatoms. The molecule has 0 spiro atoms. The van der Waals surface area contributed by atoms with Crippen molar-refractivity contribution < 1.29 is 4.74 Å². The van der Waals surface area contributed by atoms with Crippen LogP contribution in [0.4, 0.5) is 0 Å². The van der Waals surface area contributed by atoms with E-state index >= 15 is 0 Å². The van der Waals surface area contributed by atoms with Crippen molar-refractivity contribution in [3.8, 4) is 0 Å². The van der Waals surface area contributed by atoms with Gasteiger partial charge in [-0.15, -0.1) is 6.58 Å². The Kier molecular flexibility index (Phi) is 4.77. The van der Waals surface area contributed by atoms with Gasteiger partial charge in [0.05, 0.1) is 6.61 Å². The van der Waals surface area contributed by atoms with Crippen LogP contribution in [0.2, 0.25) is 0 Å². The fourth-order valence-corrected chi connectivity index (χ4v) is 2.27. The highest BCUT2D eigenvalue weighted by Crippen LogP contribution is 2.20. The maximum Gasteiger partial charge on any atom is 0.0620 e. The summed E-state index contributed by atoms with van der Waals surface area (Å²) in [7, 11) is 0. The average Bonchev–Trinajstić information content (AvgIpc) is 2.88. The molecule has 2 nitrogen and oxygen atoms in total. The molecule has 0 saturated carbocycles. The van der Waals surface area contributed by atoms with Crippen LogP contribution < -0.4 is 5.32 Å². The summed E-state index contributed by atoms with van der Waals surface area (Å²) in [6.07, 6.45) is 5.25. The Hall–Kier alpha value is -1.12. The van der Waals surface area contributed by atoms with E-state index in [2.05, 4.69) is 42.2 Å². The molecule has 1 aliphatic heterocycles. The molecule has 0 aliphatic carbocycles. The molecule has 0 amide bonds. The molecule has 2 atom stereocenters. The van der Waals surface area contributed by atoms with E-state index in [1.165, 1.54) is 5.56 Å². The lowest BCUT2D eigenvalue weighted by Crippen LogP contribution is -2.33. The molecular weight excluding hydrogens is 210 g/mol. The van der Waals surface area contributed by atoms with E-state index in [4.69, 9.17) is 4.74 Å².